The van der Waals surface area contributed by atoms with Crippen LogP contribution in [0.15, 0.2) is 42.5 Å². The third kappa shape index (κ3) is 4.26. The topological polar surface area (TPSA) is 80.3 Å². The van der Waals surface area contributed by atoms with Gasteiger partial charge in [-0.15, -0.1) is 0 Å². The lowest BCUT2D eigenvalue weighted by atomic mass is 10.2. The van der Waals surface area contributed by atoms with Crippen molar-refractivity contribution in [1.29, 1.82) is 0 Å². The summed E-state index contributed by atoms with van der Waals surface area (Å²) in [7, 11) is 0. The van der Waals surface area contributed by atoms with Gasteiger partial charge in [0.1, 0.15) is 0 Å². The first-order chi connectivity index (χ1) is 12.0. The molecule has 6 nitrogen and oxygen atoms in total. The zero-order valence-electron chi connectivity index (χ0n) is 13.2. The van der Waals surface area contributed by atoms with E-state index < -0.39 is 12.0 Å². The van der Waals surface area contributed by atoms with Crippen LogP contribution >= 0.6 is 22.9 Å². The summed E-state index contributed by atoms with van der Waals surface area (Å²) in [6.45, 7) is 2.06. The first-order valence-corrected chi connectivity index (χ1v) is 8.66. The van der Waals surface area contributed by atoms with E-state index in [1.54, 1.807) is 49.4 Å². The molecule has 8 heteroatoms. The fourth-order valence-electron chi connectivity index (χ4n) is 2.12. The Morgan fingerprint density at radius 3 is 2.64 bits per heavy atom. The molecule has 0 spiro atoms. The van der Waals surface area contributed by atoms with Crippen LogP contribution < -0.4 is 10.6 Å². The molecule has 1 heterocycles. The molecule has 2 amide bonds. The number of benzene rings is 2. The first kappa shape index (κ1) is 17.2. The number of nitrogens with zero attached hydrogens (tertiary/aromatic N) is 1. The van der Waals surface area contributed by atoms with E-state index in [1.807, 2.05) is 0 Å². The lowest BCUT2D eigenvalue weighted by Gasteiger charge is -2.06. The number of fused-ring (bicyclic) bond motifs is 1. The molecular weight excluding hydrogens is 362 g/mol. The SMILES string of the molecule is CCOC(=O)c1ccc(NC(=O)Nc2nc3ccc(Cl)cc3s2)cc1. The first-order valence-electron chi connectivity index (χ1n) is 7.46. The number of hydrogen-bond donors (Lipinski definition) is 2. The minimum absolute atomic E-state index is 0.314. The van der Waals surface area contributed by atoms with Gasteiger partial charge in [-0.25, -0.2) is 14.6 Å². The number of urea groups is 1. The molecule has 0 unspecified atom stereocenters. The summed E-state index contributed by atoms with van der Waals surface area (Å²) in [5.74, 6) is -0.397. The Bertz CT molecular complexity index is 925. The fraction of sp³-hybridized carbons (Fsp3) is 0.118. The number of carbonyl (C=O) groups is 2. The van der Waals surface area contributed by atoms with Crippen molar-refractivity contribution in [3.8, 4) is 0 Å². The number of rotatable bonds is 4. The zero-order valence-corrected chi connectivity index (χ0v) is 14.8. The van der Waals surface area contributed by atoms with Crippen LogP contribution in [-0.4, -0.2) is 23.6 Å². The van der Waals surface area contributed by atoms with Gasteiger partial charge in [-0.2, -0.15) is 0 Å². The van der Waals surface area contributed by atoms with Crippen LogP contribution in [0.3, 0.4) is 0 Å². The largest absolute Gasteiger partial charge is 0.462 e. The second kappa shape index (κ2) is 7.50. The molecule has 3 rings (SSSR count). The molecule has 0 aliphatic carbocycles. The van der Waals surface area contributed by atoms with Crippen LogP contribution in [0.25, 0.3) is 10.2 Å². The van der Waals surface area contributed by atoms with Gasteiger partial charge in [0.2, 0.25) is 0 Å². The minimum atomic E-state index is -0.422. The molecule has 25 heavy (non-hydrogen) atoms. The van der Waals surface area contributed by atoms with Crippen molar-refractivity contribution < 1.29 is 14.3 Å². The zero-order chi connectivity index (χ0) is 17.8. The molecule has 2 aromatic carbocycles. The number of ether oxygens (including phenoxy) is 1. The van der Waals surface area contributed by atoms with Crippen molar-refractivity contribution >= 4 is 56.0 Å². The minimum Gasteiger partial charge on any atom is -0.462 e. The maximum atomic E-state index is 12.1. The van der Waals surface area contributed by atoms with Crippen LogP contribution in [0.5, 0.6) is 0 Å². The van der Waals surface area contributed by atoms with E-state index in [0.29, 0.717) is 28.0 Å². The lowest BCUT2D eigenvalue weighted by molar-refractivity contribution is 0.0526. The van der Waals surface area contributed by atoms with E-state index in [-0.39, 0.29) is 0 Å². The highest BCUT2D eigenvalue weighted by Gasteiger charge is 2.10. The highest BCUT2D eigenvalue weighted by Crippen LogP contribution is 2.28. The molecule has 3 aromatic rings. The van der Waals surface area contributed by atoms with E-state index in [9.17, 15) is 9.59 Å². The number of halogens is 1. The molecule has 2 N–H and O–H groups in total. The van der Waals surface area contributed by atoms with E-state index in [2.05, 4.69) is 15.6 Å². The average molecular weight is 376 g/mol. The van der Waals surface area contributed by atoms with Gasteiger partial charge in [0.15, 0.2) is 5.13 Å². The Morgan fingerprint density at radius 2 is 1.92 bits per heavy atom. The molecular formula is C17H14ClN3O3S. The predicted molar refractivity (Wildman–Crippen MR) is 99.7 cm³/mol. The molecule has 0 bridgehead atoms. The highest BCUT2D eigenvalue weighted by atomic mass is 35.5. The molecule has 0 fully saturated rings. The van der Waals surface area contributed by atoms with Gasteiger partial charge in [0.05, 0.1) is 22.4 Å². The third-order valence-corrected chi connectivity index (χ3v) is 4.39. The van der Waals surface area contributed by atoms with Crippen LogP contribution in [-0.2, 0) is 4.74 Å². The van der Waals surface area contributed by atoms with Crippen molar-refractivity contribution in [3.05, 3.63) is 53.1 Å². The quantitative estimate of drug-likeness (QED) is 0.643. The third-order valence-electron chi connectivity index (χ3n) is 3.22. The van der Waals surface area contributed by atoms with E-state index in [0.717, 1.165) is 10.2 Å². The maximum absolute atomic E-state index is 12.1. The van der Waals surface area contributed by atoms with Gasteiger partial charge >= 0.3 is 12.0 Å². The molecule has 1 aromatic heterocycles. The van der Waals surface area contributed by atoms with Crippen molar-refractivity contribution in [1.82, 2.24) is 4.98 Å². The molecule has 0 saturated heterocycles. The van der Waals surface area contributed by atoms with E-state index >= 15 is 0 Å². The standard InChI is InChI=1S/C17H14ClN3O3S/c1-2-24-15(22)10-3-6-12(7-4-10)19-16(23)21-17-20-13-8-5-11(18)9-14(13)25-17/h3-9H,2H2,1H3,(H2,19,20,21,23). The van der Waals surface area contributed by atoms with Crippen molar-refractivity contribution in [3.63, 3.8) is 0 Å². The maximum Gasteiger partial charge on any atom is 0.338 e. The summed E-state index contributed by atoms with van der Waals surface area (Å²) in [4.78, 5) is 28.0. The Balaban J connectivity index is 1.64. The summed E-state index contributed by atoms with van der Waals surface area (Å²) in [5, 5.41) is 6.45. The summed E-state index contributed by atoms with van der Waals surface area (Å²) in [6.07, 6.45) is 0. The summed E-state index contributed by atoms with van der Waals surface area (Å²) >= 11 is 7.28. The summed E-state index contributed by atoms with van der Waals surface area (Å²) in [6, 6.07) is 11.4. The summed E-state index contributed by atoms with van der Waals surface area (Å²) < 4.78 is 5.80. The number of esters is 1. The van der Waals surface area contributed by atoms with Gasteiger partial charge in [-0.05, 0) is 49.4 Å². The Morgan fingerprint density at radius 1 is 1.16 bits per heavy atom. The Hall–Kier alpha value is -2.64. The number of carbonyl (C=O) groups excluding carboxylic acids is 2. The number of anilines is 2. The number of nitrogens with one attached hydrogen (secondary N) is 2. The summed E-state index contributed by atoms with van der Waals surface area (Å²) in [5.41, 5.74) is 1.74. The van der Waals surface area contributed by atoms with Crippen LogP contribution in [0.1, 0.15) is 17.3 Å². The number of thiazole rings is 1. The van der Waals surface area contributed by atoms with Gasteiger partial charge in [-0.3, -0.25) is 5.32 Å². The second-order valence-corrected chi connectivity index (χ2v) is 6.48. The number of hydrogen-bond acceptors (Lipinski definition) is 5. The highest BCUT2D eigenvalue weighted by molar-refractivity contribution is 7.22. The van der Waals surface area contributed by atoms with Crippen molar-refractivity contribution in [2.24, 2.45) is 0 Å². The molecule has 0 radical (unpaired) electrons. The number of amides is 2. The lowest BCUT2D eigenvalue weighted by Crippen LogP contribution is -2.19. The predicted octanol–water partition coefficient (Wildman–Crippen LogP) is 4.77. The van der Waals surface area contributed by atoms with Crippen molar-refractivity contribution in [2.75, 3.05) is 17.2 Å². The Labute approximate surface area is 152 Å². The van der Waals surface area contributed by atoms with Crippen LogP contribution in [0.4, 0.5) is 15.6 Å². The fourth-order valence-corrected chi connectivity index (χ4v) is 3.25. The van der Waals surface area contributed by atoms with Crippen LogP contribution in [0.2, 0.25) is 5.02 Å². The van der Waals surface area contributed by atoms with E-state index in [4.69, 9.17) is 16.3 Å². The number of aromatic nitrogens is 1. The van der Waals surface area contributed by atoms with Gasteiger partial charge in [0.25, 0.3) is 0 Å². The molecule has 0 atom stereocenters. The average Bonchev–Trinajstić information content (AvgIpc) is 2.96. The normalized spacial score (nSPS) is 10.5. The second-order valence-electron chi connectivity index (χ2n) is 5.01. The van der Waals surface area contributed by atoms with Gasteiger partial charge in [-0.1, -0.05) is 22.9 Å². The molecule has 0 aliphatic rings. The molecule has 128 valence electrons. The van der Waals surface area contributed by atoms with Crippen molar-refractivity contribution in [2.45, 2.75) is 6.92 Å². The Kier molecular flexibility index (Phi) is 5.16. The molecule has 0 saturated carbocycles. The monoisotopic (exact) mass is 375 g/mol. The van der Waals surface area contributed by atoms with E-state index in [1.165, 1.54) is 11.3 Å². The van der Waals surface area contributed by atoms with Crippen LogP contribution in [0, 0.1) is 0 Å². The van der Waals surface area contributed by atoms with Gasteiger partial charge < -0.3 is 10.1 Å². The smallest absolute Gasteiger partial charge is 0.338 e. The molecule has 0 aliphatic heterocycles. The van der Waals surface area contributed by atoms with Gasteiger partial charge in [0, 0.05) is 10.7 Å².